The molecule has 0 saturated carbocycles. The number of anilines is 1. The van der Waals surface area contributed by atoms with Crippen LogP contribution in [0.25, 0.3) is 10.9 Å². The summed E-state index contributed by atoms with van der Waals surface area (Å²) in [5, 5.41) is 3.78. The first-order chi connectivity index (χ1) is 12.0. The molecule has 1 aromatic heterocycles. The summed E-state index contributed by atoms with van der Waals surface area (Å²) in [6, 6.07) is 11.4. The maximum absolute atomic E-state index is 12.4. The number of halogens is 2. The van der Waals surface area contributed by atoms with Crippen LogP contribution in [0.2, 0.25) is 10.0 Å². The molecule has 3 aromatic rings. The van der Waals surface area contributed by atoms with Crippen molar-refractivity contribution in [3.63, 3.8) is 0 Å². The van der Waals surface area contributed by atoms with Gasteiger partial charge in [-0.25, -0.2) is 4.79 Å². The van der Waals surface area contributed by atoms with Crippen molar-refractivity contribution in [2.24, 2.45) is 0 Å². The van der Waals surface area contributed by atoms with Gasteiger partial charge in [0, 0.05) is 18.0 Å². The number of carbonyl (C=O) groups is 1. The fourth-order valence-electron chi connectivity index (χ4n) is 2.42. The molecule has 2 aromatic carbocycles. The van der Waals surface area contributed by atoms with E-state index < -0.39 is 11.2 Å². The highest BCUT2D eigenvalue weighted by molar-refractivity contribution is 6.36. The lowest BCUT2D eigenvalue weighted by Crippen LogP contribution is -2.36. The van der Waals surface area contributed by atoms with E-state index in [2.05, 4.69) is 10.3 Å². The number of amides is 1. The number of benzene rings is 2. The highest BCUT2D eigenvalue weighted by atomic mass is 35.5. The Morgan fingerprint density at radius 1 is 1.12 bits per heavy atom. The lowest BCUT2D eigenvalue weighted by atomic mass is 10.2. The largest absolute Gasteiger partial charge is 0.328 e. The van der Waals surface area contributed by atoms with Gasteiger partial charge < -0.3 is 10.3 Å². The van der Waals surface area contributed by atoms with Gasteiger partial charge in [-0.1, -0.05) is 35.3 Å². The van der Waals surface area contributed by atoms with Gasteiger partial charge in [-0.15, -0.1) is 0 Å². The number of aromatic amines is 1. The fraction of sp³-hybridized carbons (Fsp3) is 0.118. The van der Waals surface area contributed by atoms with Crippen LogP contribution in [0, 0.1) is 0 Å². The van der Waals surface area contributed by atoms with Gasteiger partial charge in [0.25, 0.3) is 5.56 Å². The Balaban J connectivity index is 1.77. The molecule has 0 saturated heterocycles. The molecule has 6 nitrogen and oxygen atoms in total. The molecular formula is C17H13Cl2N3O3. The van der Waals surface area contributed by atoms with Crippen molar-refractivity contribution in [3.8, 4) is 0 Å². The van der Waals surface area contributed by atoms with Crippen LogP contribution in [-0.4, -0.2) is 15.5 Å². The third-order valence-electron chi connectivity index (χ3n) is 3.66. The molecule has 0 aliphatic carbocycles. The number of para-hydroxylation sites is 1. The first-order valence-corrected chi connectivity index (χ1v) is 8.18. The molecule has 0 aliphatic heterocycles. The fourth-order valence-corrected chi connectivity index (χ4v) is 2.87. The van der Waals surface area contributed by atoms with Gasteiger partial charge in [-0.2, -0.15) is 0 Å². The summed E-state index contributed by atoms with van der Waals surface area (Å²) in [6.07, 6.45) is -0.0553. The van der Waals surface area contributed by atoms with E-state index in [0.717, 1.165) is 4.57 Å². The molecule has 2 N–H and O–H groups in total. The molecule has 128 valence electrons. The normalized spacial score (nSPS) is 10.8. The minimum atomic E-state index is -0.555. The minimum absolute atomic E-state index is 0.0456. The molecule has 1 heterocycles. The minimum Gasteiger partial charge on any atom is -0.325 e. The molecule has 0 bridgehead atoms. The average Bonchev–Trinajstić information content (AvgIpc) is 2.57. The van der Waals surface area contributed by atoms with Crippen molar-refractivity contribution in [1.29, 1.82) is 0 Å². The third-order valence-corrected chi connectivity index (χ3v) is 4.20. The molecule has 0 unspecified atom stereocenters. The standard InChI is InChI=1S/C17H13Cl2N3O3/c18-10-5-6-14(12(19)9-10)20-15(23)7-8-22-16(24)11-3-1-2-4-13(11)21-17(22)25/h1-6,9H,7-8H2,(H,20,23)(H,21,25). The molecule has 0 radical (unpaired) electrons. The molecule has 1 amide bonds. The summed E-state index contributed by atoms with van der Waals surface area (Å²) < 4.78 is 1.01. The van der Waals surface area contributed by atoms with E-state index in [9.17, 15) is 14.4 Å². The third kappa shape index (κ3) is 3.75. The van der Waals surface area contributed by atoms with Crippen molar-refractivity contribution in [1.82, 2.24) is 9.55 Å². The van der Waals surface area contributed by atoms with Crippen LogP contribution < -0.4 is 16.6 Å². The lowest BCUT2D eigenvalue weighted by Gasteiger charge is -2.09. The maximum Gasteiger partial charge on any atom is 0.328 e. The number of hydrogen-bond acceptors (Lipinski definition) is 3. The summed E-state index contributed by atoms with van der Waals surface area (Å²) >= 11 is 11.8. The van der Waals surface area contributed by atoms with Crippen molar-refractivity contribution >= 4 is 45.7 Å². The maximum atomic E-state index is 12.4. The summed E-state index contributed by atoms with van der Waals surface area (Å²) in [7, 11) is 0. The lowest BCUT2D eigenvalue weighted by molar-refractivity contribution is -0.116. The molecule has 8 heteroatoms. The molecule has 0 fully saturated rings. The number of nitrogens with zero attached hydrogens (tertiary/aromatic N) is 1. The molecule has 0 aliphatic rings. The van der Waals surface area contributed by atoms with Crippen molar-refractivity contribution < 1.29 is 4.79 Å². The molecule has 0 atom stereocenters. The molecule has 0 spiro atoms. The zero-order chi connectivity index (χ0) is 18.0. The number of fused-ring (bicyclic) bond motifs is 1. The first kappa shape index (κ1) is 17.3. The van der Waals surface area contributed by atoms with Gasteiger partial charge in [0.05, 0.1) is 21.6 Å². The summed E-state index contributed by atoms with van der Waals surface area (Å²) in [5.41, 5.74) is -0.111. The van der Waals surface area contributed by atoms with E-state index in [0.29, 0.717) is 26.6 Å². The van der Waals surface area contributed by atoms with Gasteiger partial charge in [0.1, 0.15) is 0 Å². The summed E-state index contributed by atoms with van der Waals surface area (Å²) in [4.78, 5) is 39.2. The molecule has 3 rings (SSSR count). The Morgan fingerprint density at radius 2 is 1.88 bits per heavy atom. The Morgan fingerprint density at radius 3 is 2.64 bits per heavy atom. The average molecular weight is 378 g/mol. The van der Waals surface area contributed by atoms with E-state index in [1.165, 1.54) is 6.07 Å². The second-order valence-electron chi connectivity index (χ2n) is 5.35. The van der Waals surface area contributed by atoms with Crippen LogP contribution >= 0.6 is 23.2 Å². The Kier molecular flexibility index (Phi) is 4.92. The number of aromatic nitrogens is 2. The zero-order valence-electron chi connectivity index (χ0n) is 12.9. The number of carbonyl (C=O) groups excluding carboxylic acids is 1. The van der Waals surface area contributed by atoms with Crippen LogP contribution in [-0.2, 0) is 11.3 Å². The number of nitrogens with one attached hydrogen (secondary N) is 2. The van der Waals surface area contributed by atoms with E-state index >= 15 is 0 Å². The molecule has 25 heavy (non-hydrogen) atoms. The SMILES string of the molecule is O=C(CCn1c(=O)[nH]c2ccccc2c1=O)Nc1ccc(Cl)cc1Cl. The smallest absolute Gasteiger partial charge is 0.325 e. The quantitative estimate of drug-likeness (QED) is 0.732. The van der Waals surface area contributed by atoms with Crippen LogP contribution in [0.5, 0.6) is 0 Å². The predicted octanol–water partition coefficient (Wildman–Crippen LogP) is 3.03. The second kappa shape index (κ2) is 7.13. The van der Waals surface area contributed by atoms with Crippen molar-refractivity contribution in [2.45, 2.75) is 13.0 Å². The predicted molar refractivity (Wildman–Crippen MR) is 98.5 cm³/mol. The van der Waals surface area contributed by atoms with E-state index in [1.54, 1.807) is 36.4 Å². The van der Waals surface area contributed by atoms with Gasteiger partial charge in [-0.3, -0.25) is 14.2 Å². The van der Waals surface area contributed by atoms with Crippen LogP contribution in [0.1, 0.15) is 6.42 Å². The number of H-pyrrole nitrogens is 1. The van der Waals surface area contributed by atoms with E-state index in [4.69, 9.17) is 23.2 Å². The monoisotopic (exact) mass is 377 g/mol. The highest BCUT2D eigenvalue weighted by Crippen LogP contribution is 2.25. The van der Waals surface area contributed by atoms with Gasteiger partial charge in [-0.05, 0) is 30.3 Å². The number of hydrogen-bond donors (Lipinski definition) is 2. The topological polar surface area (TPSA) is 84.0 Å². The van der Waals surface area contributed by atoms with Crippen molar-refractivity contribution in [2.75, 3.05) is 5.32 Å². The van der Waals surface area contributed by atoms with Crippen molar-refractivity contribution in [3.05, 3.63) is 73.3 Å². The van der Waals surface area contributed by atoms with E-state index in [1.807, 2.05) is 0 Å². The summed E-state index contributed by atoms with van der Waals surface area (Å²) in [5.74, 6) is -0.372. The Labute approximate surface area is 152 Å². The Bertz CT molecular complexity index is 1070. The second-order valence-corrected chi connectivity index (χ2v) is 6.20. The first-order valence-electron chi connectivity index (χ1n) is 7.42. The molecular weight excluding hydrogens is 365 g/mol. The van der Waals surface area contributed by atoms with Gasteiger partial charge >= 0.3 is 5.69 Å². The Hall–Kier alpha value is -2.57. The van der Waals surface area contributed by atoms with Gasteiger partial charge in [0.2, 0.25) is 5.91 Å². The zero-order valence-corrected chi connectivity index (χ0v) is 14.4. The van der Waals surface area contributed by atoms with Crippen LogP contribution in [0.4, 0.5) is 5.69 Å². The van der Waals surface area contributed by atoms with Gasteiger partial charge in [0.15, 0.2) is 0 Å². The van der Waals surface area contributed by atoms with Crippen LogP contribution in [0.15, 0.2) is 52.1 Å². The van der Waals surface area contributed by atoms with E-state index in [-0.39, 0.29) is 18.9 Å². The number of rotatable bonds is 4. The highest BCUT2D eigenvalue weighted by Gasteiger charge is 2.11. The summed E-state index contributed by atoms with van der Waals surface area (Å²) in [6.45, 7) is -0.0456. The van der Waals surface area contributed by atoms with Crippen LogP contribution in [0.3, 0.4) is 0 Å².